The minimum absolute atomic E-state index is 0.0139. The van der Waals surface area contributed by atoms with Crippen molar-refractivity contribution in [2.75, 3.05) is 58.3 Å². The summed E-state index contributed by atoms with van der Waals surface area (Å²) in [5, 5.41) is 0.736. The third-order valence-electron chi connectivity index (χ3n) is 11.8. The number of anilines is 1. The molecule has 7 rings (SSSR count). The lowest BCUT2D eigenvalue weighted by atomic mass is 9.68. The number of benzene rings is 2. The Hall–Kier alpha value is -3.68. The van der Waals surface area contributed by atoms with Crippen LogP contribution in [0, 0.1) is 17.8 Å². The van der Waals surface area contributed by atoms with Gasteiger partial charge in [0.2, 0.25) is 0 Å². The van der Waals surface area contributed by atoms with E-state index in [1.54, 1.807) is 39.7 Å². The van der Waals surface area contributed by atoms with Crippen molar-refractivity contribution in [1.29, 1.82) is 0 Å². The van der Waals surface area contributed by atoms with E-state index in [4.69, 9.17) is 30.5 Å². The minimum Gasteiger partial charge on any atom is -0.490 e. The molecule has 1 fully saturated rings. The molecule has 4 aliphatic rings. The van der Waals surface area contributed by atoms with Crippen LogP contribution >= 0.6 is 11.6 Å². The number of ether oxygens (including phenoxy) is 4. The number of aryl methyl sites for hydroxylation is 1. The van der Waals surface area contributed by atoms with E-state index in [1.807, 2.05) is 29.7 Å². The van der Waals surface area contributed by atoms with E-state index in [9.17, 15) is 13.8 Å². The lowest BCUT2D eigenvalue weighted by Gasteiger charge is -2.46. The van der Waals surface area contributed by atoms with Crippen molar-refractivity contribution >= 4 is 39.0 Å². The molecule has 3 heterocycles. The fourth-order valence-corrected chi connectivity index (χ4v) is 11.0. The minimum atomic E-state index is -3.58. The highest BCUT2D eigenvalue weighted by molar-refractivity contribution is 7.92. The van der Waals surface area contributed by atoms with Gasteiger partial charge in [0.1, 0.15) is 15.7 Å². The van der Waals surface area contributed by atoms with Crippen LogP contribution in [0.15, 0.2) is 65.2 Å². The summed E-state index contributed by atoms with van der Waals surface area (Å²) in [4.78, 5) is 30.3. The number of carbonyl (C=O) groups is 2. The highest BCUT2D eigenvalue weighted by atomic mass is 35.5. The Labute approximate surface area is 330 Å². The second-order valence-electron chi connectivity index (χ2n) is 15.7. The predicted octanol–water partition coefficient (Wildman–Crippen LogP) is 7.00. The molecule has 2 bridgehead atoms. The zero-order valence-corrected chi connectivity index (χ0v) is 33.8. The molecule has 13 heteroatoms. The molecular formula is C42H53ClN4O7S. The molecule has 1 aromatic heterocycles. The topological polar surface area (TPSA) is 121 Å². The number of halogens is 1. The summed E-state index contributed by atoms with van der Waals surface area (Å²) < 4.78 is 47.0. The quantitative estimate of drug-likeness (QED) is 0.243. The van der Waals surface area contributed by atoms with Gasteiger partial charge in [-0.15, -0.1) is 4.36 Å². The number of hydrogen-bond acceptors (Lipinski definition) is 8. The molecule has 0 saturated heterocycles. The lowest BCUT2D eigenvalue weighted by Crippen LogP contribution is -2.49. The van der Waals surface area contributed by atoms with Crippen LogP contribution in [0.1, 0.15) is 76.6 Å². The molecule has 296 valence electrons. The first-order valence-corrected chi connectivity index (χ1v) is 21.4. The monoisotopic (exact) mass is 792 g/mol. The molecule has 11 nitrogen and oxygen atoms in total. The van der Waals surface area contributed by atoms with Gasteiger partial charge in [0, 0.05) is 68.9 Å². The first kappa shape index (κ1) is 39.6. The largest absolute Gasteiger partial charge is 0.490 e. The van der Waals surface area contributed by atoms with Gasteiger partial charge in [-0.2, -0.15) is 0 Å². The zero-order valence-electron chi connectivity index (χ0n) is 32.3. The Morgan fingerprint density at radius 2 is 1.98 bits per heavy atom. The maximum atomic E-state index is 14.8. The summed E-state index contributed by atoms with van der Waals surface area (Å²) in [6, 6.07) is 13.3. The molecule has 2 aliphatic carbocycles. The normalized spacial score (nSPS) is 28.5. The summed E-state index contributed by atoms with van der Waals surface area (Å²) in [6.07, 6.45) is 11.5. The van der Waals surface area contributed by atoms with Crippen LogP contribution < -0.4 is 14.4 Å². The van der Waals surface area contributed by atoms with Crippen molar-refractivity contribution in [3.8, 4) is 5.75 Å². The first-order valence-electron chi connectivity index (χ1n) is 19.3. The predicted molar refractivity (Wildman–Crippen MR) is 214 cm³/mol. The van der Waals surface area contributed by atoms with E-state index < -0.39 is 21.7 Å². The highest BCUT2D eigenvalue weighted by Gasteiger charge is 2.44. The maximum absolute atomic E-state index is 14.8. The second kappa shape index (κ2) is 16.8. The van der Waals surface area contributed by atoms with Crippen LogP contribution in [0.2, 0.25) is 5.02 Å². The van der Waals surface area contributed by atoms with E-state index >= 15 is 0 Å². The van der Waals surface area contributed by atoms with E-state index in [0.29, 0.717) is 55.9 Å². The number of nitrogens with one attached hydrogen (secondary N) is 1. The summed E-state index contributed by atoms with van der Waals surface area (Å²) in [5.41, 5.74) is 4.42. The van der Waals surface area contributed by atoms with Crippen LogP contribution in [-0.4, -0.2) is 80.1 Å². The number of aromatic nitrogens is 1. The Morgan fingerprint density at radius 3 is 2.75 bits per heavy atom. The molecular weight excluding hydrogens is 740 g/mol. The van der Waals surface area contributed by atoms with E-state index in [0.717, 1.165) is 55.1 Å². The SMILES string of the molecule is COCCn1cc(C(=O)N[S@@]2(=O)=NC(=O)c3ccc4c(c3)N(C[C@@H]3CC[C@H]3[C@@H](OC)/C=C/C[C@H](C)C2)C[C@@]2(CCCc3cc(Cl)ccc32)CO4)cc1COC. The van der Waals surface area contributed by atoms with Gasteiger partial charge in [-0.1, -0.05) is 36.7 Å². The average Bonchev–Trinajstić information content (AvgIpc) is 3.48. The smallest absolute Gasteiger partial charge is 0.286 e. The van der Waals surface area contributed by atoms with Gasteiger partial charge in [0.05, 0.1) is 42.9 Å². The molecule has 6 atom stereocenters. The van der Waals surface area contributed by atoms with Gasteiger partial charge in [-0.05, 0) is 104 Å². The van der Waals surface area contributed by atoms with Gasteiger partial charge >= 0.3 is 0 Å². The molecule has 2 amide bonds. The van der Waals surface area contributed by atoms with E-state index in [-0.39, 0.29) is 35.4 Å². The summed E-state index contributed by atoms with van der Waals surface area (Å²) in [5.74, 6) is -0.0150. The van der Waals surface area contributed by atoms with E-state index in [2.05, 4.69) is 38.3 Å². The zero-order chi connectivity index (χ0) is 38.7. The number of fused-ring (bicyclic) bond motifs is 4. The van der Waals surface area contributed by atoms with Crippen molar-refractivity contribution in [3.63, 3.8) is 0 Å². The van der Waals surface area contributed by atoms with Gasteiger partial charge in [-0.25, -0.2) is 4.21 Å². The third-order valence-corrected chi connectivity index (χ3v) is 14.1. The van der Waals surface area contributed by atoms with Crippen molar-refractivity contribution in [2.24, 2.45) is 22.1 Å². The molecule has 3 aromatic rings. The Morgan fingerprint density at radius 1 is 1.13 bits per heavy atom. The van der Waals surface area contributed by atoms with Crippen molar-refractivity contribution in [2.45, 2.75) is 70.1 Å². The van der Waals surface area contributed by atoms with Crippen LogP contribution in [0.5, 0.6) is 5.75 Å². The lowest BCUT2D eigenvalue weighted by molar-refractivity contribution is 0.0131. The number of carbonyl (C=O) groups excluding carboxylic acids is 2. The van der Waals surface area contributed by atoms with Crippen LogP contribution in [-0.2, 0) is 49.1 Å². The number of allylic oxidation sites excluding steroid dienone is 1. The summed E-state index contributed by atoms with van der Waals surface area (Å²) in [6.45, 7) is 5.16. The summed E-state index contributed by atoms with van der Waals surface area (Å²) in [7, 11) is 1.38. The first-order chi connectivity index (χ1) is 26.5. The molecule has 1 saturated carbocycles. The Kier molecular flexibility index (Phi) is 12.1. The number of rotatable bonds is 8. The fourth-order valence-electron chi connectivity index (χ4n) is 8.92. The molecule has 2 aliphatic heterocycles. The van der Waals surface area contributed by atoms with Crippen molar-refractivity contribution in [1.82, 2.24) is 9.29 Å². The summed E-state index contributed by atoms with van der Waals surface area (Å²) >= 11 is 6.47. The highest BCUT2D eigenvalue weighted by Crippen LogP contribution is 2.47. The number of methoxy groups -OCH3 is 3. The second-order valence-corrected chi connectivity index (χ2v) is 18.2. The third kappa shape index (κ3) is 8.54. The number of hydrogen-bond donors (Lipinski definition) is 1. The van der Waals surface area contributed by atoms with Crippen LogP contribution in [0.4, 0.5) is 5.69 Å². The molecule has 1 N–H and O–H groups in total. The number of amides is 2. The van der Waals surface area contributed by atoms with E-state index in [1.165, 1.54) is 11.1 Å². The van der Waals surface area contributed by atoms with Crippen molar-refractivity contribution < 1.29 is 32.7 Å². The van der Waals surface area contributed by atoms with Gasteiger partial charge in [0.15, 0.2) is 0 Å². The van der Waals surface area contributed by atoms with Crippen LogP contribution in [0.3, 0.4) is 0 Å². The molecule has 0 radical (unpaired) electrons. The van der Waals surface area contributed by atoms with Crippen molar-refractivity contribution in [3.05, 3.63) is 93.8 Å². The standard InChI is InChI=1S/C42H53ClN4O7S/c1-28-7-5-9-38(53-4)35-13-10-31(35)22-47-26-42(16-6-8-29-19-33(43)12-14-36(29)42)27-54-39-15-11-30(21-37(39)47)40(48)44-55(50,25-28)45-41(49)32-20-34(24-52-3)46(23-32)17-18-51-2/h5,9,11-12,14-15,19-21,23,28,31,35,38H,6-8,10,13,16-18,22,24-27H2,1-4H3,(H,44,45,48,49,50)/b9-5+/t28-,31-,35+,38-,42-,55-/m0/s1. The fraction of sp³-hybridized carbons (Fsp3) is 0.524. The van der Waals surface area contributed by atoms with Gasteiger partial charge in [0.25, 0.3) is 11.8 Å². The van der Waals surface area contributed by atoms with Gasteiger partial charge < -0.3 is 28.4 Å². The molecule has 2 aromatic carbocycles. The Balaban J connectivity index is 1.27. The molecule has 0 unspecified atom stereocenters. The number of nitrogens with zero attached hydrogens (tertiary/aromatic N) is 3. The molecule has 55 heavy (non-hydrogen) atoms. The average molecular weight is 793 g/mol. The van der Waals surface area contributed by atoms with Crippen LogP contribution in [0.25, 0.3) is 0 Å². The molecule has 1 spiro atoms. The Bertz CT molecular complexity index is 2060. The van der Waals surface area contributed by atoms with Gasteiger partial charge in [-0.3, -0.25) is 14.3 Å². The maximum Gasteiger partial charge on any atom is 0.286 e.